The Morgan fingerprint density at radius 3 is 3.17 bits per heavy atom. The predicted octanol–water partition coefficient (Wildman–Crippen LogP) is 2.01. The number of carbonyl (C=O) groups is 1. The van der Waals surface area contributed by atoms with Crippen LogP contribution in [-0.4, -0.2) is 45.4 Å². The number of hydrogen-bond donors (Lipinski definition) is 2. The molecule has 0 unspecified atom stereocenters. The van der Waals surface area contributed by atoms with Crippen molar-refractivity contribution in [1.29, 1.82) is 0 Å². The van der Waals surface area contributed by atoms with Crippen molar-refractivity contribution >= 4 is 5.91 Å². The maximum atomic E-state index is 12.0. The molecule has 6 heteroatoms. The summed E-state index contributed by atoms with van der Waals surface area (Å²) in [6.45, 7) is 5.74. The molecular formula is C18H25N5O. The number of aryl methyl sites for hydroxylation is 1. The molecule has 128 valence electrons. The summed E-state index contributed by atoms with van der Waals surface area (Å²) in [7, 11) is 0. The van der Waals surface area contributed by atoms with E-state index in [-0.39, 0.29) is 5.91 Å². The number of aromatic nitrogens is 3. The van der Waals surface area contributed by atoms with Crippen LogP contribution >= 0.6 is 0 Å². The molecule has 1 atom stereocenters. The first-order valence-electron chi connectivity index (χ1n) is 8.69. The molecular weight excluding hydrogens is 302 g/mol. The van der Waals surface area contributed by atoms with Crippen LogP contribution in [-0.2, 0) is 13.0 Å². The number of nitrogens with zero attached hydrogens (tertiary/aromatic N) is 3. The Labute approximate surface area is 142 Å². The average Bonchev–Trinajstić information content (AvgIpc) is 3.15. The van der Waals surface area contributed by atoms with E-state index in [1.165, 1.54) is 0 Å². The first-order valence-corrected chi connectivity index (χ1v) is 8.69. The minimum absolute atomic E-state index is 0.0273. The van der Waals surface area contributed by atoms with Gasteiger partial charge in [0.2, 0.25) is 0 Å². The highest BCUT2D eigenvalue weighted by atomic mass is 16.1. The smallest absolute Gasteiger partial charge is 0.267 e. The number of H-pyrrole nitrogens is 1. The molecule has 0 radical (unpaired) electrons. The third kappa shape index (κ3) is 4.41. The molecule has 0 spiro atoms. The van der Waals surface area contributed by atoms with Gasteiger partial charge in [-0.25, -0.2) is 9.97 Å². The summed E-state index contributed by atoms with van der Waals surface area (Å²) < 4.78 is 0. The Hall–Kier alpha value is -2.21. The predicted molar refractivity (Wildman–Crippen MR) is 92.5 cm³/mol. The Kier molecular flexibility index (Phi) is 5.59. The molecule has 24 heavy (non-hydrogen) atoms. The van der Waals surface area contributed by atoms with Crippen molar-refractivity contribution in [3.63, 3.8) is 0 Å². The Bertz CT molecular complexity index is 655. The third-order valence-electron chi connectivity index (χ3n) is 4.46. The van der Waals surface area contributed by atoms with E-state index >= 15 is 0 Å². The highest BCUT2D eigenvalue weighted by Gasteiger charge is 2.21. The molecule has 1 aliphatic heterocycles. The van der Waals surface area contributed by atoms with Crippen LogP contribution in [0.25, 0.3) is 0 Å². The van der Waals surface area contributed by atoms with Crippen LogP contribution in [0.2, 0.25) is 0 Å². The van der Waals surface area contributed by atoms with Crippen molar-refractivity contribution in [3.8, 4) is 0 Å². The lowest BCUT2D eigenvalue weighted by molar-refractivity contribution is 0.0926. The first kappa shape index (κ1) is 16.6. The minimum Gasteiger partial charge on any atom is -0.357 e. The molecule has 1 fully saturated rings. The number of piperidine rings is 1. The number of carbonyl (C=O) groups excluding carboxylic acids is 1. The lowest BCUT2D eigenvalue weighted by Crippen LogP contribution is -2.40. The first-order chi connectivity index (χ1) is 11.7. The molecule has 0 saturated carbocycles. The zero-order chi connectivity index (χ0) is 16.8. The SMILES string of the molecule is CCc1nccc(CN2CCC[C@H](CNC(=O)c3ccc[nH]3)C2)n1. The zero-order valence-electron chi connectivity index (χ0n) is 14.2. The van der Waals surface area contributed by atoms with Crippen molar-refractivity contribution in [2.24, 2.45) is 5.92 Å². The highest BCUT2D eigenvalue weighted by molar-refractivity contribution is 5.92. The van der Waals surface area contributed by atoms with Crippen LogP contribution in [0.5, 0.6) is 0 Å². The van der Waals surface area contributed by atoms with E-state index in [0.29, 0.717) is 11.6 Å². The molecule has 2 aromatic rings. The molecule has 1 aliphatic rings. The van der Waals surface area contributed by atoms with Gasteiger partial charge in [-0.2, -0.15) is 0 Å². The summed E-state index contributed by atoms with van der Waals surface area (Å²) in [5, 5.41) is 3.03. The van der Waals surface area contributed by atoms with E-state index in [9.17, 15) is 4.79 Å². The van der Waals surface area contributed by atoms with Crippen LogP contribution in [0.1, 0.15) is 41.8 Å². The maximum Gasteiger partial charge on any atom is 0.267 e. The molecule has 2 N–H and O–H groups in total. The summed E-state index contributed by atoms with van der Waals surface area (Å²) in [5.41, 5.74) is 1.70. The summed E-state index contributed by atoms with van der Waals surface area (Å²) in [4.78, 5) is 26.2. The Balaban J connectivity index is 1.49. The Morgan fingerprint density at radius 2 is 2.38 bits per heavy atom. The second kappa shape index (κ2) is 8.06. The molecule has 6 nitrogen and oxygen atoms in total. The van der Waals surface area contributed by atoms with E-state index in [2.05, 4.69) is 32.1 Å². The maximum absolute atomic E-state index is 12.0. The highest BCUT2D eigenvalue weighted by Crippen LogP contribution is 2.17. The van der Waals surface area contributed by atoms with Gasteiger partial charge in [0.1, 0.15) is 11.5 Å². The third-order valence-corrected chi connectivity index (χ3v) is 4.46. The van der Waals surface area contributed by atoms with Gasteiger partial charge in [0.05, 0.1) is 5.69 Å². The minimum atomic E-state index is -0.0273. The lowest BCUT2D eigenvalue weighted by Gasteiger charge is -2.32. The lowest BCUT2D eigenvalue weighted by atomic mass is 9.98. The molecule has 0 aliphatic carbocycles. The van der Waals surface area contributed by atoms with Gasteiger partial charge in [0.15, 0.2) is 0 Å². The van der Waals surface area contributed by atoms with Crippen LogP contribution in [0.3, 0.4) is 0 Å². The fourth-order valence-electron chi connectivity index (χ4n) is 3.19. The number of rotatable bonds is 6. The van der Waals surface area contributed by atoms with Crippen LogP contribution in [0.15, 0.2) is 30.6 Å². The molecule has 2 aromatic heterocycles. The number of hydrogen-bond acceptors (Lipinski definition) is 4. The van der Waals surface area contributed by atoms with Gasteiger partial charge in [-0.1, -0.05) is 6.92 Å². The van der Waals surface area contributed by atoms with Crippen molar-refractivity contribution in [3.05, 3.63) is 47.8 Å². The molecule has 0 bridgehead atoms. The van der Waals surface area contributed by atoms with Gasteiger partial charge in [-0.15, -0.1) is 0 Å². The van der Waals surface area contributed by atoms with Crippen molar-refractivity contribution in [1.82, 2.24) is 25.2 Å². The fraction of sp³-hybridized carbons (Fsp3) is 0.500. The van der Waals surface area contributed by atoms with Gasteiger partial charge in [0.25, 0.3) is 5.91 Å². The molecule has 0 aromatic carbocycles. The number of amides is 1. The van der Waals surface area contributed by atoms with Crippen LogP contribution in [0, 0.1) is 5.92 Å². The number of likely N-dealkylation sites (tertiary alicyclic amines) is 1. The summed E-state index contributed by atoms with van der Waals surface area (Å²) in [6.07, 6.45) is 6.80. The summed E-state index contributed by atoms with van der Waals surface area (Å²) in [6, 6.07) is 5.63. The summed E-state index contributed by atoms with van der Waals surface area (Å²) >= 11 is 0. The largest absolute Gasteiger partial charge is 0.357 e. The fourth-order valence-corrected chi connectivity index (χ4v) is 3.19. The molecule has 3 heterocycles. The molecule has 1 amide bonds. The second-order valence-electron chi connectivity index (χ2n) is 6.35. The normalized spacial score (nSPS) is 18.5. The summed E-state index contributed by atoms with van der Waals surface area (Å²) in [5.74, 6) is 1.37. The zero-order valence-corrected chi connectivity index (χ0v) is 14.2. The van der Waals surface area contributed by atoms with Gasteiger partial charge in [-0.05, 0) is 43.5 Å². The van der Waals surface area contributed by atoms with Crippen LogP contribution < -0.4 is 5.32 Å². The standard InChI is InChI=1S/C18H25N5O/c1-2-17-20-9-7-15(22-17)13-23-10-4-5-14(12-23)11-21-18(24)16-6-3-8-19-16/h3,6-9,14,19H,2,4-5,10-13H2,1H3,(H,21,24)/t14-/m1/s1. The molecule has 1 saturated heterocycles. The van der Waals surface area contributed by atoms with E-state index in [0.717, 1.165) is 57.0 Å². The molecule has 3 rings (SSSR count). The quantitative estimate of drug-likeness (QED) is 0.851. The Morgan fingerprint density at radius 1 is 1.46 bits per heavy atom. The van der Waals surface area contributed by atoms with E-state index in [1.54, 1.807) is 12.3 Å². The van der Waals surface area contributed by atoms with E-state index in [4.69, 9.17) is 0 Å². The van der Waals surface area contributed by atoms with Gasteiger partial charge in [-0.3, -0.25) is 9.69 Å². The number of aromatic amines is 1. The van der Waals surface area contributed by atoms with Crippen molar-refractivity contribution < 1.29 is 4.79 Å². The van der Waals surface area contributed by atoms with Gasteiger partial charge in [0, 0.05) is 38.4 Å². The average molecular weight is 327 g/mol. The van der Waals surface area contributed by atoms with Crippen LogP contribution in [0.4, 0.5) is 0 Å². The van der Waals surface area contributed by atoms with Crippen molar-refractivity contribution in [2.75, 3.05) is 19.6 Å². The van der Waals surface area contributed by atoms with E-state index in [1.807, 2.05) is 18.3 Å². The number of nitrogens with one attached hydrogen (secondary N) is 2. The van der Waals surface area contributed by atoms with Crippen molar-refractivity contribution in [2.45, 2.75) is 32.7 Å². The van der Waals surface area contributed by atoms with Gasteiger partial charge >= 0.3 is 0 Å². The topological polar surface area (TPSA) is 73.9 Å². The monoisotopic (exact) mass is 327 g/mol. The van der Waals surface area contributed by atoms with E-state index < -0.39 is 0 Å². The van der Waals surface area contributed by atoms with Gasteiger partial charge < -0.3 is 10.3 Å². The second-order valence-corrected chi connectivity index (χ2v) is 6.35.